The van der Waals surface area contributed by atoms with E-state index >= 15 is 0 Å². The fourth-order valence-corrected chi connectivity index (χ4v) is 10.0. The third-order valence-corrected chi connectivity index (χ3v) is 12.3. The van der Waals surface area contributed by atoms with E-state index in [9.17, 15) is 14.7 Å². The van der Waals surface area contributed by atoms with Gasteiger partial charge in [0.1, 0.15) is 5.78 Å². The first-order chi connectivity index (χ1) is 17.3. The van der Waals surface area contributed by atoms with E-state index in [1.165, 1.54) is 77.0 Å². The monoisotopic (exact) mass is 499 g/mol. The predicted molar refractivity (Wildman–Crippen MR) is 144 cm³/mol. The summed E-state index contributed by atoms with van der Waals surface area (Å²) in [6.07, 6.45) is 20.2. The van der Waals surface area contributed by atoms with Gasteiger partial charge < -0.3 is 10.0 Å². The van der Waals surface area contributed by atoms with Gasteiger partial charge in [0.25, 0.3) is 0 Å². The van der Waals surface area contributed by atoms with Crippen molar-refractivity contribution in [3.05, 3.63) is 0 Å². The molecule has 8 atom stereocenters. The molecule has 36 heavy (non-hydrogen) atoms. The first-order valence-electron chi connectivity index (χ1n) is 15.8. The SMILES string of the molecule is C[C@]12CCC(=O)CC1CC(CCCCCCCC(=O)N1CCCCC1)[C@@H]1[C@H]2CC[C@]2(C)C(O)CC[C@@H]12. The number of amides is 1. The summed E-state index contributed by atoms with van der Waals surface area (Å²) in [6.45, 7) is 6.89. The van der Waals surface area contributed by atoms with Gasteiger partial charge in [-0.05, 0) is 105 Å². The second kappa shape index (κ2) is 11.1. The number of piperidine rings is 1. The fourth-order valence-electron chi connectivity index (χ4n) is 10.0. The van der Waals surface area contributed by atoms with Crippen LogP contribution in [-0.4, -0.2) is 40.9 Å². The van der Waals surface area contributed by atoms with Gasteiger partial charge in [-0.25, -0.2) is 0 Å². The number of rotatable bonds is 8. The van der Waals surface area contributed by atoms with Crippen LogP contribution in [0.3, 0.4) is 0 Å². The number of carbonyl (C=O) groups is 2. The van der Waals surface area contributed by atoms with Crippen LogP contribution in [0.4, 0.5) is 0 Å². The fraction of sp³-hybridized carbons (Fsp3) is 0.938. The smallest absolute Gasteiger partial charge is 0.222 e. The normalized spacial score (nSPS) is 42.5. The number of fused-ring (bicyclic) bond motifs is 5. The highest BCUT2D eigenvalue weighted by Crippen LogP contribution is 2.67. The van der Waals surface area contributed by atoms with E-state index in [2.05, 4.69) is 18.7 Å². The number of hydrogen-bond donors (Lipinski definition) is 1. The second-order valence-corrected chi connectivity index (χ2v) is 14.1. The molecular formula is C32H53NO3. The molecule has 204 valence electrons. The molecule has 0 aromatic heterocycles. The molecular weight excluding hydrogens is 446 g/mol. The van der Waals surface area contributed by atoms with Gasteiger partial charge in [-0.2, -0.15) is 0 Å². The van der Waals surface area contributed by atoms with Crippen LogP contribution in [-0.2, 0) is 9.59 Å². The minimum Gasteiger partial charge on any atom is -0.393 e. The molecule has 5 rings (SSSR count). The summed E-state index contributed by atoms with van der Waals surface area (Å²) in [6, 6.07) is 0. The van der Waals surface area contributed by atoms with Crippen molar-refractivity contribution < 1.29 is 14.7 Å². The molecule has 5 fully saturated rings. The highest BCUT2D eigenvalue weighted by atomic mass is 16.3. The molecule has 1 saturated heterocycles. The Hall–Kier alpha value is -0.900. The average molecular weight is 500 g/mol. The number of aliphatic hydroxyl groups is 1. The van der Waals surface area contributed by atoms with Gasteiger partial charge in [-0.1, -0.05) is 46.0 Å². The van der Waals surface area contributed by atoms with Crippen molar-refractivity contribution >= 4 is 11.7 Å². The number of aliphatic hydroxyl groups excluding tert-OH is 1. The lowest BCUT2D eigenvalue weighted by atomic mass is 9.42. The maximum absolute atomic E-state index is 12.5. The lowest BCUT2D eigenvalue weighted by molar-refractivity contribution is -0.156. The maximum atomic E-state index is 12.5. The van der Waals surface area contributed by atoms with Crippen LogP contribution in [0.1, 0.15) is 129 Å². The minimum absolute atomic E-state index is 0.116. The summed E-state index contributed by atoms with van der Waals surface area (Å²) in [4.78, 5) is 27.0. The van der Waals surface area contributed by atoms with Crippen LogP contribution < -0.4 is 0 Å². The third kappa shape index (κ3) is 5.06. The molecule has 4 aliphatic carbocycles. The lowest BCUT2D eigenvalue weighted by Gasteiger charge is -2.62. The molecule has 1 aliphatic heterocycles. The highest BCUT2D eigenvalue weighted by Gasteiger charge is 2.62. The Morgan fingerprint density at radius 1 is 0.917 bits per heavy atom. The van der Waals surface area contributed by atoms with Gasteiger partial charge >= 0.3 is 0 Å². The summed E-state index contributed by atoms with van der Waals surface area (Å²) in [7, 11) is 0. The van der Waals surface area contributed by atoms with Gasteiger partial charge in [-0.3, -0.25) is 9.59 Å². The number of likely N-dealkylation sites (tertiary alicyclic amines) is 1. The predicted octanol–water partition coefficient (Wildman–Crippen LogP) is 6.93. The summed E-state index contributed by atoms with van der Waals surface area (Å²) >= 11 is 0. The van der Waals surface area contributed by atoms with Gasteiger partial charge in [-0.15, -0.1) is 0 Å². The van der Waals surface area contributed by atoms with E-state index in [0.717, 1.165) is 69.4 Å². The first-order valence-corrected chi connectivity index (χ1v) is 15.8. The average Bonchev–Trinajstić information content (AvgIpc) is 3.18. The van der Waals surface area contributed by atoms with Crippen LogP contribution in [0.15, 0.2) is 0 Å². The van der Waals surface area contributed by atoms with Crippen LogP contribution in [0.2, 0.25) is 0 Å². The quantitative estimate of drug-likeness (QED) is 0.368. The van der Waals surface area contributed by atoms with Crippen LogP contribution >= 0.6 is 0 Å². The molecule has 4 nitrogen and oxygen atoms in total. The van der Waals surface area contributed by atoms with E-state index in [1.807, 2.05) is 0 Å². The molecule has 0 aromatic carbocycles. The van der Waals surface area contributed by atoms with E-state index in [4.69, 9.17) is 0 Å². The van der Waals surface area contributed by atoms with E-state index in [-0.39, 0.29) is 11.5 Å². The van der Waals surface area contributed by atoms with Crippen molar-refractivity contribution in [2.45, 2.75) is 136 Å². The van der Waals surface area contributed by atoms with Gasteiger partial charge in [0.15, 0.2) is 0 Å². The summed E-state index contributed by atoms with van der Waals surface area (Å²) in [5.74, 6) is 4.37. The molecule has 1 amide bonds. The lowest BCUT2D eigenvalue weighted by Crippen LogP contribution is -2.57. The zero-order chi connectivity index (χ0) is 25.3. The number of hydrogen-bond acceptors (Lipinski definition) is 3. The number of unbranched alkanes of at least 4 members (excludes halogenated alkanes) is 4. The van der Waals surface area contributed by atoms with Crippen molar-refractivity contribution in [2.24, 2.45) is 40.4 Å². The Kier molecular flexibility index (Phi) is 8.21. The van der Waals surface area contributed by atoms with Crippen molar-refractivity contribution in [1.82, 2.24) is 4.90 Å². The minimum atomic E-state index is -0.116. The summed E-state index contributed by atoms with van der Waals surface area (Å²) in [5, 5.41) is 10.9. The Morgan fingerprint density at radius 3 is 2.44 bits per heavy atom. The Bertz CT molecular complexity index is 790. The Labute approximate surface area is 220 Å². The topological polar surface area (TPSA) is 57.6 Å². The second-order valence-electron chi connectivity index (χ2n) is 14.1. The van der Waals surface area contributed by atoms with Crippen molar-refractivity contribution in [3.63, 3.8) is 0 Å². The molecule has 1 N–H and O–H groups in total. The van der Waals surface area contributed by atoms with Gasteiger partial charge in [0.2, 0.25) is 5.91 Å². The molecule has 5 aliphatic rings. The summed E-state index contributed by atoms with van der Waals surface area (Å²) < 4.78 is 0. The zero-order valence-electron chi connectivity index (χ0n) is 23.3. The molecule has 4 saturated carbocycles. The van der Waals surface area contributed by atoms with Crippen LogP contribution in [0.25, 0.3) is 0 Å². The molecule has 0 aromatic rings. The third-order valence-electron chi connectivity index (χ3n) is 12.3. The number of nitrogens with zero attached hydrogens (tertiary/aromatic N) is 1. The molecule has 4 heteroatoms. The van der Waals surface area contributed by atoms with Gasteiger partial charge in [0.05, 0.1) is 6.10 Å². The highest BCUT2D eigenvalue weighted by molar-refractivity contribution is 5.79. The number of carbonyl (C=O) groups excluding carboxylic acids is 2. The first kappa shape index (κ1) is 26.7. The van der Waals surface area contributed by atoms with Crippen LogP contribution in [0, 0.1) is 40.4 Å². The molecule has 0 spiro atoms. The van der Waals surface area contributed by atoms with Crippen molar-refractivity contribution in [1.29, 1.82) is 0 Å². The zero-order valence-corrected chi connectivity index (χ0v) is 23.3. The van der Waals surface area contributed by atoms with Crippen molar-refractivity contribution in [3.8, 4) is 0 Å². The molecule has 1 heterocycles. The molecule has 0 bridgehead atoms. The van der Waals surface area contributed by atoms with E-state index in [1.54, 1.807) is 0 Å². The largest absolute Gasteiger partial charge is 0.393 e. The van der Waals surface area contributed by atoms with E-state index < -0.39 is 0 Å². The van der Waals surface area contributed by atoms with Crippen LogP contribution in [0.5, 0.6) is 0 Å². The van der Waals surface area contributed by atoms with Gasteiger partial charge in [0, 0.05) is 32.4 Å². The Morgan fingerprint density at radius 2 is 1.64 bits per heavy atom. The number of ketones is 1. The standard InChI is InChI=1S/C32H53NO3/c1-31-17-15-25(34)22-24(31)21-23(30-26-13-14-28(35)32(26,2)18-16-27(30)31)11-7-4-3-5-8-12-29(36)33-19-9-6-10-20-33/h23-24,26-28,30,35H,3-22H2,1-2H3/t23?,24?,26-,27+,28?,30-,31-,32-/m0/s1. The maximum Gasteiger partial charge on any atom is 0.222 e. The van der Waals surface area contributed by atoms with E-state index in [0.29, 0.717) is 28.9 Å². The Balaban J connectivity index is 1.14. The van der Waals surface area contributed by atoms with Crippen molar-refractivity contribution in [2.75, 3.05) is 13.1 Å². The number of Topliss-reactive ketones (excluding diaryl/α,β-unsaturated/α-hetero) is 1. The summed E-state index contributed by atoms with van der Waals surface area (Å²) in [5.41, 5.74) is 0.457. The molecule has 0 radical (unpaired) electrons. The molecule has 3 unspecified atom stereocenters.